The maximum atomic E-state index is 13.2. The van der Waals surface area contributed by atoms with Crippen LogP contribution >= 0.6 is 0 Å². The summed E-state index contributed by atoms with van der Waals surface area (Å²) in [4.78, 5) is 14.8. The van der Waals surface area contributed by atoms with E-state index in [1.807, 2.05) is 50.2 Å². The third kappa shape index (κ3) is 4.60. The first kappa shape index (κ1) is 18.8. The lowest BCUT2D eigenvalue weighted by molar-refractivity contribution is 0.0951. The Kier molecular flexibility index (Phi) is 5.66. The summed E-state index contributed by atoms with van der Waals surface area (Å²) >= 11 is 0. The van der Waals surface area contributed by atoms with Gasteiger partial charge in [-0.2, -0.15) is 5.10 Å². The first-order valence-corrected chi connectivity index (χ1v) is 8.79. The second-order valence-electron chi connectivity index (χ2n) is 6.74. The van der Waals surface area contributed by atoms with Gasteiger partial charge in [-0.05, 0) is 51.4 Å². The van der Waals surface area contributed by atoms with Crippen LogP contribution in [-0.2, 0) is 0 Å². The molecular formula is C21H23FN4O. The van der Waals surface area contributed by atoms with E-state index in [-0.39, 0.29) is 11.7 Å². The number of nitrogens with zero attached hydrogens (tertiary/aromatic N) is 3. The van der Waals surface area contributed by atoms with E-state index in [0.29, 0.717) is 23.5 Å². The molecule has 1 amide bonds. The monoisotopic (exact) mass is 366 g/mol. The number of carbonyl (C=O) groups is 1. The third-order valence-corrected chi connectivity index (χ3v) is 4.19. The predicted molar refractivity (Wildman–Crippen MR) is 105 cm³/mol. The van der Waals surface area contributed by atoms with Crippen molar-refractivity contribution in [2.45, 2.75) is 6.92 Å². The zero-order valence-corrected chi connectivity index (χ0v) is 15.7. The van der Waals surface area contributed by atoms with E-state index in [2.05, 4.69) is 10.4 Å². The predicted octanol–water partition coefficient (Wildman–Crippen LogP) is 3.28. The summed E-state index contributed by atoms with van der Waals surface area (Å²) < 4.78 is 14.8. The minimum atomic E-state index is -0.313. The zero-order chi connectivity index (χ0) is 19.4. The molecule has 0 bridgehead atoms. The fourth-order valence-electron chi connectivity index (χ4n) is 2.76. The topological polar surface area (TPSA) is 50.2 Å². The van der Waals surface area contributed by atoms with Gasteiger partial charge in [-0.1, -0.05) is 23.8 Å². The second kappa shape index (κ2) is 8.14. The van der Waals surface area contributed by atoms with Gasteiger partial charge in [0.05, 0.1) is 11.3 Å². The number of halogens is 1. The van der Waals surface area contributed by atoms with Crippen molar-refractivity contribution in [3.05, 3.63) is 71.7 Å². The molecule has 140 valence electrons. The lowest BCUT2D eigenvalue weighted by Crippen LogP contribution is -2.31. The van der Waals surface area contributed by atoms with Crippen LogP contribution in [0.15, 0.2) is 54.7 Å². The summed E-state index contributed by atoms with van der Waals surface area (Å²) in [6, 6.07) is 13.9. The zero-order valence-electron chi connectivity index (χ0n) is 15.7. The molecule has 27 heavy (non-hydrogen) atoms. The summed E-state index contributed by atoms with van der Waals surface area (Å²) in [5, 5.41) is 7.54. The van der Waals surface area contributed by atoms with E-state index in [1.54, 1.807) is 23.0 Å². The highest BCUT2D eigenvalue weighted by atomic mass is 19.1. The largest absolute Gasteiger partial charge is 0.351 e. The van der Waals surface area contributed by atoms with Crippen molar-refractivity contribution < 1.29 is 9.18 Å². The first-order chi connectivity index (χ1) is 12.9. The second-order valence-corrected chi connectivity index (χ2v) is 6.74. The fourth-order valence-corrected chi connectivity index (χ4v) is 2.76. The van der Waals surface area contributed by atoms with Crippen LogP contribution in [0.25, 0.3) is 16.9 Å². The van der Waals surface area contributed by atoms with Gasteiger partial charge in [0.2, 0.25) is 0 Å². The molecule has 1 heterocycles. The standard InChI is InChI=1S/C21H23FN4O/c1-15-5-4-6-16(13-15)20-19(21(27)23-11-12-25(2)3)14-26(24-20)18-9-7-17(22)8-10-18/h4-10,13-14H,11-12H2,1-3H3,(H,23,27). The van der Waals surface area contributed by atoms with Gasteiger partial charge >= 0.3 is 0 Å². The van der Waals surface area contributed by atoms with Gasteiger partial charge in [0.1, 0.15) is 11.5 Å². The molecule has 0 radical (unpaired) electrons. The molecule has 0 atom stereocenters. The van der Waals surface area contributed by atoms with Crippen molar-refractivity contribution in [2.24, 2.45) is 0 Å². The summed E-state index contributed by atoms with van der Waals surface area (Å²) in [6.07, 6.45) is 1.69. The third-order valence-electron chi connectivity index (χ3n) is 4.19. The highest BCUT2D eigenvalue weighted by molar-refractivity contribution is 6.00. The maximum Gasteiger partial charge on any atom is 0.255 e. The van der Waals surface area contributed by atoms with E-state index in [4.69, 9.17) is 0 Å². The van der Waals surface area contributed by atoms with Crippen molar-refractivity contribution in [3.63, 3.8) is 0 Å². The fraction of sp³-hybridized carbons (Fsp3) is 0.238. The molecule has 0 aliphatic carbocycles. The number of likely N-dealkylation sites (N-methyl/N-ethyl adjacent to an activating group) is 1. The Bertz CT molecular complexity index is 932. The van der Waals surface area contributed by atoms with Crippen molar-refractivity contribution in [1.29, 1.82) is 0 Å². The van der Waals surface area contributed by atoms with Crippen LogP contribution in [0.2, 0.25) is 0 Å². The number of nitrogens with one attached hydrogen (secondary N) is 1. The van der Waals surface area contributed by atoms with Crippen molar-refractivity contribution in [1.82, 2.24) is 20.0 Å². The summed E-state index contributed by atoms with van der Waals surface area (Å²) in [5.74, 6) is -0.492. The smallest absolute Gasteiger partial charge is 0.255 e. The Morgan fingerprint density at radius 2 is 1.93 bits per heavy atom. The highest BCUT2D eigenvalue weighted by Crippen LogP contribution is 2.24. The van der Waals surface area contributed by atoms with Crippen LogP contribution in [0.3, 0.4) is 0 Å². The van der Waals surface area contributed by atoms with Crippen LogP contribution in [0.5, 0.6) is 0 Å². The molecule has 3 aromatic rings. The van der Waals surface area contributed by atoms with E-state index >= 15 is 0 Å². The molecular weight excluding hydrogens is 343 g/mol. The number of amides is 1. The number of rotatable bonds is 6. The van der Waals surface area contributed by atoms with Gasteiger partial charge in [-0.3, -0.25) is 4.79 Å². The van der Waals surface area contributed by atoms with Crippen molar-refractivity contribution in [2.75, 3.05) is 27.2 Å². The molecule has 0 fully saturated rings. The minimum Gasteiger partial charge on any atom is -0.351 e. The van der Waals surface area contributed by atoms with E-state index in [1.165, 1.54) is 12.1 Å². The molecule has 3 rings (SSSR count). The first-order valence-electron chi connectivity index (χ1n) is 8.79. The average Bonchev–Trinajstić information content (AvgIpc) is 3.07. The Morgan fingerprint density at radius 1 is 1.19 bits per heavy atom. The van der Waals surface area contributed by atoms with Crippen molar-refractivity contribution >= 4 is 5.91 Å². The normalized spacial score (nSPS) is 11.0. The molecule has 0 saturated heterocycles. The van der Waals surface area contributed by atoms with Crippen LogP contribution in [0.1, 0.15) is 15.9 Å². The maximum absolute atomic E-state index is 13.2. The summed E-state index contributed by atoms with van der Waals surface area (Å²) in [7, 11) is 3.91. The van der Waals surface area contributed by atoms with Gasteiger partial charge in [-0.15, -0.1) is 0 Å². The molecule has 0 saturated carbocycles. The van der Waals surface area contributed by atoms with Crippen LogP contribution in [0, 0.1) is 12.7 Å². The Balaban J connectivity index is 1.98. The van der Waals surface area contributed by atoms with Gasteiger partial charge in [0.15, 0.2) is 0 Å². The number of aromatic nitrogens is 2. The highest BCUT2D eigenvalue weighted by Gasteiger charge is 2.18. The van der Waals surface area contributed by atoms with Crippen LogP contribution < -0.4 is 5.32 Å². The van der Waals surface area contributed by atoms with E-state index < -0.39 is 0 Å². The lowest BCUT2D eigenvalue weighted by Gasteiger charge is -2.10. The molecule has 5 nitrogen and oxygen atoms in total. The Morgan fingerprint density at radius 3 is 2.59 bits per heavy atom. The SMILES string of the molecule is Cc1cccc(-c2nn(-c3ccc(F)cc3)cc2C(=O)NCCN(C)C)c1. The number of hydrogen-bond acceptors (Lipinski definition) is 3. The quantitative estimate of drug-likeness (QED) is 0.728. The molecule has 0 spiro atoms. The summed E-state index contributed by atoms with van der Waals surface area (Å²) in [6.45, 7) is 3.29. The number of benzene rings is 2. The molecule has 1 N–H and O–H groups in total. The molecule has 0 unspecified atom stereocenters. The number of aryl methyl sites for hydroxylation is 1. The van der Waals surface area contributed by atoms with Gasteiger partial charge in [0.25, 0.3) is 5.91 Å². The lowest BCUT2D eigenvalue weighted by atomic mass is 10.1. The van der Waals surface area contributed by atoms with Crippen LogP contribution in [-0.4, -0.2) is 47.8 Å². The molecule has 1 aromatic heterocycles. The van der Waals surface area contributed by atoms with E-state index in [0.717, 1.165) is 17.7 Å². The molecule has 2 aromatic carbocycles. The number of carbonyl (C=O) groups excluding carboxylic acids is 1. The Labute approximate surface area is 158 Å². The minimum absolute atomic E-state index is 0.179. The van der Waals surface area contributed by atoms with Crippen LogP contribution in [0.4, 0.5) is 4.39 Å². The van der Waals surface area contributed by atoms with Gasteiger partial charge in [-0.25, -0.2) is 9.07 Å². The van der Waals surface area contributed by atoms with Gasteiger partial charge in [0, 0.05) is 24.8 Å². The molecule has 0 aliphatic rings. The van der Waals surface area contributed by atoms with Crippen molar-refractivity contribution in [3.8, 4) is 16.9 Å². The Hall–Kier alpha value is -2.99. The molecule has 6 heteroatoms. The van der Waals surface area contributed by atoms with E-state index in [9.17, 15) is 9.18 Å². The summed E-state index contributed by atoms with van der Waals surface area (Å²) in [5.41, 5.74) is 3.74. The molecule has 0 aliphatic heterocycles. The average molecular weight is 366 g/mol. The number of hydrogen-bond donors (Lipinski definition) is 1. The van der Waals surface area contributed by atoms with Gasteiger partial charge < -0.3 is 10.2 Å².